The minimum Gasteiger partial charge on any atom is -0.366 e. The number of aryl methyl sites for hydroxylation is 1. The Hall–Kier alpha value is -3.28. The van der Waals surface area contributed by atoms with Crippen molar-refractivity contribution >= 4 is 28.4 Å². The van der Waals surface area contributed by atoms with Gasteiger partial charge < -0.3 is 11.1 Å². The molecular formula is C19H16FN3O2. The van der Waals surface area contributed by atoms with Gasteiger partial charge in [0.1, 0.15) is 5.82 Å². The van der Waals surface area contributed by atoms with Gasteiger partial charge in [0.2, 0.25) is 11.8 Å². The second kappa shape index (κ2) is 6.32. The highest BCUT2D eigenvalue weighted by molar-refractivity contribution is 5.95. The number of nitrogens with one attached hydrogen (secondary N) is 1. The number of nitrogens with zero attached hydrogens (tertiary/aromatic N) is 1. The molecule has 0 saturated heterocycles. The molecule has 0 aliphatic heterocycles. The van der Waals surface area contributed by atoms with Crippen LogP contribution in [0.1, 0.15) is 22.8 Å². The Bertz CT molecular complexity index is 998. The van der Waals surface area contributed by atoms with Gasteiger partial charge in [-0.2, -0.15) is 0 Å². The highest BCUT2D eigenvalue weighted by Gasteiger charge is 2.11. The van der Waals surface area contributed by atoms with E-state index in [9.17, 15) is 14.0 Å². The Labute approximate surface area is 143 Å². The number of primary amides is 1. The van der Waals surface area contributed by atoms with Crippen LogP contribution >= 0.6 is 0 Å². The topological polar surface area (TPSA) is 85.1 Å². The van der Waals surface area contributed by atoms with Crippen molar-refractivity contribution in [3.05, 3.63) is 59.4 Å². The fourth-order valence-electron chi connectivity index (χ4n) is 2.65. The van der Waals surface area contributed by atoms with Crippen molar-refractivity contribution in [2.75, 3.05) is 5.32 Å². The van der Waals surface area contributed by atoms with E-state index in [0.717, 1.165) is 16.5 Å². The molecule has 0 radical (unpaired) electrons. The Morgan fingerprint density at radius 1 is 1.12 bits per heavy atom. The number of anilines is 1. The minimum absolute atomic E-state index is 0.128. The maximum atomic E-state index is 14.2. The summed E-state index contributed by atoms with van der Waals surface area (Å²) < 4.78 is 14.2. The van der Waals surface area contributed by atoms with Crippen LogP contribution in [0.25, 0.3) is 22.2 Å². The molecule has 0 fully saturated rings. The summed E-state index contributed by atoms with van der Waals surface area (Å²) in [7, 11) is 0. The molecule has 1 aromatic heterocycles. The van der Waals surface area contributed by atoms with E-state index in [1.165, 1.54) is 13.0 Å². The van der Waals surface area contributed by atoms with Crippen LogP contribution in [0.4, 0.5) is 10.1 Å². The number of hydrogen-bond acceptors (Lipinski definition) is 3. The van der Waals surface area contributed by atoms with Gasteiger partial charge in [-0.1, -0.05) is 12.1 Å². The van der Waals surface area contributed by atoms with Gasteiger partial charge in [-0.15, -0.1) is 0 Å². The Kier molecular flexibility index (Phi) is 4.19. The number of nitrogens with two attached hydrogens (primary N) is 1. The van der Waals surface area contributed by atoms with E-state index in [1.807, 2.05) is 13.0 Å². The lowest BCUT2D eigenvalue weighted by molar-refractivity contribution is -0.114. The minimum atomic E-state index is -0.546. The third-order valence-corrected chi connectivity index (χ3v) is 3.88. The quantitative estimate of drug-likeness (QED) is 0.768. The van der Waals surface area contributed by atoms with E-state index in [-0.39, 0.29) is 11.6 Å². The van der Waals surface area contributed by atoms with Gasteiger partial charge in [-0.3, -0.25) is 9.59 Å². The van der Waals surface area contributed by atoms with Crippen molar-refractivity contribution in [2.24, 2.45) is 5.73 Å². The van der Waals surface area contributed by atoms with Crippen LogP contribution in [0, 0.1) is 12.7 Å². The molecule has 0 bridgehead atoms. The van der Waals surface area contributed by atoms with E-state index < -0.39 is 11.7 Å². The van der Waals surface area contributed by atoms with Crippen molar-refractivity contribution < 1.29 is 14.0 Å². The number of amides is 2. The largest absolute Gasteiger partial charge is 0.366 e. The molecule has 1 heterocycles. The molecule has 3 aromatic rings. The average molecular weight is 337 g/mol. The third-order valence-electron chi connectivity index (χ3n) is 3.88. The average Bonchev–Trinajstić information content (AvgIpc) is 2.55. The first-order valence-corrected chi connectivity index (χ1v) is 7.64. The van der Waals surface area contributed by atoms with Crippen LogP contribution in [0.3, 0.4) is 0 Å². The number of pyridine rings is 1. The van der Waals surface area contributed by atoms with E-state index in [1.54, 1.807) is 30.3 Å². The molecule has 126 valence electrons. The Morgan fingerprint density at radius 2 is 1.80 bits per heavy atom. The van der Waals surface area contributed by atoms with Crippen LogP contribution in [0.2, 0.25) is 0 Å². The molecule has 0 spiro atoms. The predicted molar refractivity (Wildman–Crippen MR) is 94.7 cm³/mol. The molecule has 2 amide bonds. The van der Waals surface area contributed by atoms with Gasteiger partial charge in [0.15, 0.2) is 0 Å². The van der Waals surface area contributed by atoms with Gasteiger partial charge in [0, 0.05) is 29.5 Å². The number of rotatable bonds is 3. The van der Waals surface area contributed by atoms with Crippen molar-refractivity contribution in [1.29, 1.82) is 0 Å². The summed E-state index contributed by atoms with van der Waals surface area (Å²) in [6.07, 6.45) is 0. The third kappa shape index (κ3) is 3.33. The van der Waals surface area contributed by atoms with Crippen molar-refractivity contribution in [3.8, 4) is 11.3 Å². The van der Waals surface area contributed by atoms with Crippen LogP contribution in [-0.2, 0) is 4.79 Å². The predicted octanol–water partition coefficient (Wildman–Crippen LogP) is 3.41. The van der Waals surface area contributed by atoms with Gasteiger partial charge >= 0.3 is 0 Å². The first kappa shape index (κ1) is 16.6. The summed E-state index contributed by atoms with van der Waals surface area (Å²) in [5.41, 5.74) is 8.61. The van der Waals surface area contributed by atoms with Gasteiger partial charge in [-0.05, 0) is 36.8 Å². The molecule has 25 heavy (non-hydrogen) atoms. The molecule has 5 nitrogen and oxygen atoms in total. The molecule has 6 heteroatoms. The molecule has 0 unspecified atom stereocenters. The number of carbonyl (C=O) groups excluding carboxylic acids is 2. The normalized spacial score (nSPS) is 10.7. The molecule has 0 aliphatic carbocycles. The Balaban J connectivity index is 2.09. The smallest absolute Gasteiger partial charge is 0.248 e. The lowest BCUT2D eigenvalue weighted by atomic mass is 10.0. The number of hydrogen-bond donors (Lipinski definition) is 2. The number of benzene rings is 2. The van der Waals surface area contributed by atoms with Crippen LogP contribution < -0.4 is 11.1 Å². The zero-order valence-electron chi connectivity index (χ0n) is 13.8. The fourth-order valence-corrected chi connectivity index (χ4v) is 2.65. The first-order chi connectivity index (χ1) is 11.8. The zero-order valence-corrected chi connectivity index (χ0v) is 13.8. The lowest BCUT2D eigenvalue weighted by Gasteiger charge is -2.10. The van der Waals surface area contributed by atoms with E-state index in [4.69, 9.17) is 5.73 Å². The van der Waals surface area contributed by atoms with Crippen molar-refractivity contribution in [1.82, 2.24) is 4.98 Å². The number of aromatic nitrogens is 1. The SMILES string of the molecule is CC(=O)Nc1cc2c(C)cc(-c3ccc(C(N)=O)cc3)nc2cc1F. The van der Waals surface area contributed by atoms with Crippen molar-refractivity contribution in [3.63, 3.8) is 0 Å². The Morgan fingerprint density at radius 3 is 2.40 bits per heavy atom. The zero-order chi connectivity index (χ0) is 18.1. The monoisotopic (exact) mass is 337 g/mol. The van der Waals surface area contributed by atoms with E-state index in [2.05, 4.69) is 10.3 Å². The molecule has 3 N–H and O–H groups in total. The highest BCUT2D eigenvalue weighted by atomic mass is 19.1. The van der Waals surface area contributed by atoms with Crippen LogP contribution in [0.5, 0.6) is 0 Å². The summed E-state index contributed by atoms with van der Waals surface area (Å²) >= 11 is 0. The molecule has 0 atom stereocenters. The molecule has 2 aromatic carbocycles. The second-order valence-corrected chi connectivity index (χ2v) is 5.80. The number of halogens is 1. The number of fused-ring (bicyclic) bond motifs is 1. The number of carbonyl (C=O) groups is 2. The van der Waals surface area contributed by atoms with Crippen LogP contribution in [0.15, 0.2) is 42.5 Å². The summed E-state index contributed by atoms with van der Waals surface area (Å²) in [5, 5.41) is 3.22. The van der Waals surface area contributed by atoms with E-state index >= 15 is 0 Å². The maximum absolute atomic E-state index is 14.2. The summed E-state index contributed by atoms with van der Waals surface area (Å²) in [5.74, 6) is -1.38. The van der Waals surface area contributed by atoms with E-state index in [0.29, 0.717) is 16.8 Å². The molecule has 3 rings (SSSR count). The summed E-state index contributed by atoms with van der Waals surface area (Å²) in [6.45, 7) is 3.22. The molecular weight excluding hydrogens is 321 g/mol. The fraction of sp³-hybridized carbons (Fsp3) is 0.105. The van der Waals surface area contributed by atoms with Crippen molar-refractivity contribution in [2.45, 2.75) is 13.8 Å². The standard InChI is InChI=1S/C19H16FN3O2/c1-10-7-16(12-3-5-13(6-4-12)19(21)25)23-17-9-15(20)18(8-14(10)17)22-11(2)24/h3-9H,1-2H3,(H2,21,25)(H,22,24). The maximum Gasteiger partial charge on any atom is 0.248 e. The van der Waals surface area contributed by atoms with Gasteiger partial charge in [0.05, 0.1) is 16.9 Å². The first-order valence-electron chi connectivity index (χ1n) is 7.64. The summed E-state index contributed by atoms with van der Waals surface area (Å²) in [4.78, 5) is 26.8. The van der Waals surface area contributed by atoms with Gasteiger partial charge in [0.25, 0.3) is 0 Å². The van der Waals surface area contributed by atoms with Crippen LogP contribution in [-0.4, -0.2) is 16.8 Å². The van der Waals surface area contributed by atoms with Gasteiger partial charge in [-0.25, -0.2) is 9.37 Å². The highest BCUT2D eigenvalue weighted by Crippen LogP contribution is 2.28. The molecule has 0 saturated carbocycles. The molecule has 0 aliphatic rings. The second-order valence-electron chi connectivity index (χ2n) is 5.80. The lowest BCUT2D eigenvalue weighted by Crippen LogP contribution is -2.10. The summed E-state index contributed by atoms with van der Waals surface area (Å²) in [6, 6.07) is 11.5.